The van der Waals surface area contributed by atoms with E-state index in [-0.39, 0.29) is 53.3 Å². The number of hydrogen-bond donors (Lipinski definition) is 3. The summed E-state index contributed by atoms with van der Waals surface area (Å²) in [6.45, 7) is 4.48. The lowest BCUT2D eigenvalue weighted by atomic mass is 9.43. The van der Waals surface area contributed by atoms with E-state index < -0.39 is 23.2 Å². The fraction of sp³-hybridized carbons (Fsp3) is 0.793. The van der Waals surface area contributed by atoms with Crippen LogP contribution in [0.4, 0.5) is 0 Å². The van der Waals surface area contributed by atoms with Crippen LogP contribution < -0.4 is 4.74 Å². The molecule has 7 heteroatoms. The molecule has 1 spiro atoms. The van der Waals surface area contributed by atoms with Gasteiger partial charge in [0.1, 0.15) is 5.75 Å². The van der Waals surface area contributed by atoms with Crippen molar-refractivity contribution in [3.63, 3.8) is 0 Å². The molecule has 0 amide bonds. The van der Waals surface area contributed by atoms with E-state index in [4.69, 9.17) is 14.2 Å². The standard InChI is InChI=1S/C29H41NO6/c1-4-30-14-27(15-36-16-8-6-5-7-9-16)11-10-20(31)29-18-12-17-19(34-2)13-28(33,21(18)23(17)32)22(26(29)30)24(35-3)25(27)29/h5-9,17-26,31-33H,4,10-15H2,1-3H3/t17-,18-,19+,20+,21-,22+,23+,24+,25-,26-,27+,28-,29+/m1/s1. The molecule has 5 saturated carbocycles. The van der Waals surface area contributed by atoms with Gasteiger partial charge in [-0.15, -0.1) is 0 Å². The fourth-order valence-corrected chi connectivity index (χ4v) is 11.1. The predicted octanol–water partition coefficient (Wildman–Crippen LogP) is 1.93. The number of methoxy groups -OCH3 is 2. The first-order valence-corrected chi connectivity index (χ1v) is 13.9. The van der Waals surface area contributed by atoms with E-state index in [2.05, 4.69) is 11.8 Å². The van der Waals surface area contributed by atoms with E-state index in [9.17, 15) is 15.3 Å². The smallest absolute Gasteiger partial charge is 0.119 e. The Hall–Kier alpha value is -1.22. The molecule has 198 valence electrons. The van der Waals surface area contributed by atoms with Crippen LogP contribution in [0.15, 0.2) is 30.3 Å². The highest BCUT2D eigenvalue weighted by molar-refractivity contribution is 5.35. The molecule has 6 fully saturated rings. The maximum atomic E-state index is 12.6. The van der Waals surface area contributed by atoms with Gasteiger partial charge in [-0.1, -0.05) is 25.1 Å². The molecule has 1 aliphatic heterocycles. The van der Waals surface area contributed by atoms with Crippen molar-refractivity contribution in [2.45, 2.75) is 68.7 Å². The zero-order valence-electron chi connectivity index (χ0n) is 21.6. The minimum atomic E-state index is -1.09. The van der Waals surface area contributed by atoms with E-state index in [1.54, 1.807) is 14.2 Å². The minimum absolute atomic E-state index is 0.0000988. The van der Waals surface area contributed by atoms with Gasteiger partial charge in [0.05, 0.1) is 36.6 Å². The highest BCUT2D eigenvalue weighted by Crippen LogP contribution is 2.79. The summed E-state index contributed by atoms with van der Waals surface area (Å²) in [5.74, 6) is 0.505. The molecule has 6 aliphatic rings. The molecule has 1 heterocycles. The van der Waals surface area contributed by atoms with Gasteiger partial charge in [-0.25, -0.2) is 0 Å². The number of benzene rings is 1. The Balaban J connectivity index is 1.41. The third kappa shape index (κ3) is 2.60. The Kier molecular flexibility index (Phi) is 5.24. The van der Waals surface area contributed by atoms with Crippen LogP contribution in [0.2, 0.25) is 0 Å². The van der Waals surface area contributed by atoms with Gasteiger partial charge in [0.25, 0.3) is 0 Å². The normalized spacial score (nSPS) is 54.5. The first-order valence-electron chi connectivity index (χ1n) is 13.9. The summed E-state index contributed by atoms with van der Waals surface area (Å²) in [4.78, 5) is 2.53. The Labute approximate surface area is 213 Å². The molecule has 5 aliphatic carbocycles. The quantitative estimate of drug-likeness (QED) is 0.551. The van der Waals surface area contributed by atoms with Crippen molar-refractivity contribution in [2.75, 3.05) is 33.9 Å². The van der Waals surface area contributed by atoms with E-state index in [1.165, 1.54) is 0 Å². The molecular weight excluding hydrogens is 458 g/mol. The third-order valence-corrected chi connectivity index (χ3v) is 12.0. The monoisotopic (exact) mass is 499 g/mol. The summed E-state index contributed by atoms with van der Waals surface area (Å²) in [7, 11) is 3.47. The van der Waals surface area contributed by atoms with Gasteiger partial charge in [-0.3, -0.25) is 4.90 Å². The van der Waals surface area contributed by atoms with Gasteiger partial charge in [-0.2, -0.15) is 0 Å². The van der Waals surface area contributed by atoms with Gasteiger partial charge >= 0.3 is 0 Å². The third-order valence-electron chi connectivity index (χ3n) is 12.0. The SMILES string of the molecule is CCN1C[C@]2(COc3ccccc3)CC[C@H](O)[C@@]34[C@@H]5C[C@H]6[C@H](O)[C@@H]5[C@](O)(C[C@@H]6OC)[C@@H]([C@H](OC)[C@H]23)[C@@H]14. The van der Waals surface area contributed by atoms with Gasteiger partial charge < -0.3 is 29.5 Å². The number of para-hydroxylation sites is 1. The molecule has 13 atom stereocenters. The van der Waals surface area contributed by atoms with Gasteiger partial charge in [0, 0.05) is 67.7 Å². The van der Waals surface area contributed by atoms with Crippen LogP contribution in [0.25, 0.3) is 0 Å². The van der Waals surface area contributed by atoms with Crippen LogP contribution in [0.3, 0.4) is 0 Å². The van der Waals surface area contributed by atoms with Gasteiger partial charge in [0.15, 0.2) is 0 Å². The first-order chi connectivity index (χ1) is 17.4. The lowest BCUT2D eigenvalue weighted by molar-refractivity contribution is -0.271. The van der Waals surface area contributed by atoms with Crippen molar-refractivity contribution in [1.29, 1.82) is 0 Å². The average Bonchev–Trinajstić information content (AvgIpc) is 3.30. The summed E-state index contributed by atoms with van der Waals surface area (Å²) < 4.78 is 18.8. The van der Waals surface area contributed by atoms with Gasteiger partial charge in [-0.05, 0) is 43.9 Å². The maximum absolute atomic E-state index is 12.6. The number of fused-ring (bicyclic) bond motifs is 2. The molecule has 1 aromatic rings. The zero-order valence-corrected chi connectivity index (χ0v) is 21.6. The second-order valence-corrected chi connectivity index (χ2v) is 12.7. The first kappa shape index (κ1) is 23.9. The topological polar surface area (TPSA) is 91.6 Å². The van der Waals surface area contributed by atoms with Crippen molar-refractivity contribution in [3.8, 4) is 5.75 Å². The summed E-state index contributed by atoms with van der Waals surface area (Å²) in [6, 6.07) is 10.0. The summed E-state index contributed by atoms with van der Waals surface area (Å²) >= 11 is 0. The van der Waals surface area contributed by atoms with E-state index in [0.717, 1.165) is 38.1 Å². The van der Waals surface area contributed by atoms with Crippen LogP contribution in [0, 0.1) is 40.4 Å². The van der Waals surface area contributed by atoms with E-state index in [1.807, 2.05) is 30.3 Å². The predicted molar refractivity (Wildman–Crippen MR) is 132 cm³/mol. The molecule has 1 saturated heterocycles. The van der Waals surface area contributed by atoms with Crippen molar-refractivity contribution in [3.05, 3.63) is 30.3 Å². The Morgan fingerprint density at radius 1 is 1.08 bits per heavy atom. The van der Waals surface area contributed by atoms with Gasteiger partial charge in [0.2, 0.25) is 0 Å². The molecule has 0 aromatic heterocycles. The number of likely N-dealkylation sites (tertiary alicyclic amines) is 1. The molecule has 0 radical (unpaired) electrons. The lowest BCUT2D eigenvalue weighted by Crippen LogP contribution is -2.76. The molecule has 7 nitrogen and oxygen atoms in total. The number of aliphatic hydroxyl groups excluding tert-OH is 2. The Bertz CT molecular complexity index is 1010. The van der Waals surface area contributed by atoms with E-state index >= 15 is 0 Å². The summed E-state index contributed by atoms with van der Waals surface area (Å²) in [5.41, 5.74) is -1.72. The number of aliphatic hydroxyl groups is 3. The Morgan fingerprint density at radius 2 is 1.86 bits per heavy atom. The van der Waals surface area contributed by atoms with Crippen molar-refractivity contribution < 1.29 is 29.5 Å². The molecule has 3 N–H and O–H groups in total. The lowest BCUT2D eigenvalue weighted by Gasteiger charge is -2.68. The van der Waals surface area contributed by atoms with Crippen LogP contribution in [-0.4, -0.2) is 90.2 Å². The molecule has 1 aromatic carbocycles. The van der Waals surface area contributed by atoms with Crippen molar-refractivity contribution in [1.82, 2.24) is 4.90 Å². The molecule has 36 heavy (non-hydrogen) atoms. The number of rotatable bonds is 6. The van der Waals surface area contributed by atoms with Crippen LogP contribution in [0.1, 0.15) is 32.6 Å². The number of piperidine rings is 1. The fourth-order valence-electron chi connectivity index (χ4n) is 11.1. The highest BCUT2D eigenvalue weighted by Gasteiger charge is 2.86. The molecule has 0 unspecified atom stereocenters. The number of ether oxygens (including phenoxy) is 3. The zero-order chi connectivity index (χ0) is 25.0. The second kappa shape index (κ2) is 7.90. The number of nitrogens with zero attached hydrogens (tertiary/aromatic N) is 1. The van der Waals surface area contributed by atoms with Crippen molar-refractivity contribution in [2.24, 2.45) is 40.4 Å². The second-order valence-electron chi connectivity index (χ2n) is 12.7. The van der Waals surface area contributed by atoms with E-state index in [0.29, 0.717) is 13.0 Å². The highest BCUT2D eigenvalue weighted by atomic mass is 16.5. The van der Waals surface area contributed by atoms with Crippen molar-refractivity contribution >= 4 is 0 Å². The summed E-state index contributed by atoms with van der Waals surface area (Å²) in [5, 5.41) is 36.3. The molecular formula is C29H41NO6. The minimum Gasteiger partial charge on any atom is -0.493 e. The van der Waals surface area contributed by atoms with Crippen LogP contribution >= 0.6 is 0 Å². The Morgan fingerprint density at radius 3 is 2.56 bits per heavy atom. The summed E-state index contributed by atoms with van der Waals surface area (Å²) in [6.07, 6.45) is 1.40. The van der Waals surface area contributed by atoms with Crippen LogP contribution in [-0.2, 0) is 9.47 Å². The largest absolute Gasteiger partial charge is 0.493 e. The molecule has 7 rings (SSSR count). The van der Waals surface area contributed by atoms with Crippen LogP contribution in [0.5, 0.6) is 5.75 Å². The maximum Gasteiger partial charge on any atom is 0.119 e. The number of hydrogen-bond acceptors (Lipinski definition) is 7. The average molecular weight is 500 g/mol. The molecule has 7 bridgehead atoms.